The van der Waals surface area contributed by atoms with Crippen molar-refractivity contribution in [1.29, 1.82) is 0 Å². The topological polar surface area (TPSA) is 64.3 Å². The molecule has 152 valence electrons. The van der Waals surface area contributed by atoms with E-state index in [4.69, 9.17) is 16.3 Å². The molecule has 0 saturated heterocycles. The summed E-state index contributed by atoms with van der Waals surface area (Å²) in [6, 6.07) is 10.3. The summed E-state index contributed by atoms with van der Waals surface area (Å²) in [5, 5.41) is 14.3. The van der Waals surface area contributed by atoms with Crippen LogP contribution in [0.3, 0.4) is 0 Å². The zero-order valence-electron chi connectivity index (χ0n) is 15.2. The van der Waals surface area contributed by atoms with Crippen molar-refractivity contribution in [3.05, 3.63) is 70.9 Å². The highest BCUT2D eigenvalue weighted by atomic mass is 35.5. The molecule has 3 aromatic rings. The lowest BCUT2D eigenvalue weighted by Crippen LogP contribution is -2.19. The van der Waals surface area contributed by atoms with Gasteiger partial charge in [-0.15, -0.1) is 0 Å². The number of aliphatic carboxylic acids is 1. The lowest BCUT2D eigenvalue weighted by atomic mass is 10.0. The number of hydrogen-bond donors (Lipinski definition) is 1. The maximum Gasteiger partial charge on any atom is 0.416 e. The second-order valence-corrected chi connectivity index (χ2v) is 6.59. The highest BCUT2D eigenvalue weighted by molar-refractivity contribution is 6.31. The Hall–Kier alpha value is -3.00. The molecule has 1 N–H and O–H groups in total. The van der Waals surface area contributed by atoms with Gasteiger partial charge in [0.1, 0.15) is 5.75 Å². The molecule has 1 heterocycles. The van der Waals surface area contributed by atoms with Gasteiger partial charge in [0.05, 0.1) is 11.3 Å². The van der Waals surface area contributed by atoms with E-state index in [1.807, 2.05) is 6.92 Å². The number of alkyl halides is 3. The van der Waals surface area contributed by atoms with Crippen LogP contribution in [0.5, 0.6) is 5.75 Å². The Morgan fingerprint density at radius 3 is 2.62 bits per heavy atom. The van der Waals surface area contributed by atoms with Crippen LogP contribution >= 0.6 is 11.6 Å². The fraction of sp³-hybridized carbons (Fsp3) is 0.200. The molecule has 2 aromatic carbocycles. The molecule has 1 aromatic heterocycles. The van der Waals surface area contributed by atoms with Crippen LogP contribution in [-0.4, -0.2) is 20.9 Å². The van der Waals surface area contributed by atoms with Crippen molar-refractivity contribution in [3.63, 3.8) is 0 Å². The molecular weight excluding hydrogens is 409 g/mol. The SMILES string of the molecule is CCn1ccc(-c2cc(Cl)ccc2OC(C(=O)O)c2cccc(C(F)(F)F)c2)n1. The van der Waals surface area contributed by atoms with Gasteiger partial charge >= 0.3 is 12.1 Å². The van der Waals surface area contributed by atoms with Gasteiger partial charge in [0.25, 0.3) is 0 Å². The fourth-order valence-corrected chi connectivity index (χ4v) is 2.92. The molecule has 0 aliphatic heterocycles. The summed E-state index contributed by atoms with van der Waals surface area (Å²) in [5.41, 5.74) is -0.157. The lowest BCUT2D eigenvalue weighted by molar-refractivity contribution is -0.146. The summed E-state index contributed by atoms with van der Waals surface area (Å²) in [6.45, 7) is 2.53. The van der Waals surface area contributed by atoms with E-state index in [0.717, 1.165) is 18.2 Å². The summed E-state index contributed by atoms with van der Waals surface area (Å²) in [5.74, 6) is -1.29. The van der Waals surface area contributed by atoms with E-state index in [1.54, 1.807) is 23.0 Å². The number of halogens is 4. The van der Waals surface area contributed by atoms with Crippen LogP contribution in [0.15, 0.2) is 54.7 Å². The Kier molecular flexibility index (Phi) is 5.83. The Balaban J connectivity index is 2.01. The van der Waals surface area contributed by atoms with Crippen LogP contribution in [0.25, 0.3) is 11.3 Å². The van der Waals surface area contributed by atoms with Crippen LogP contribution in [-0.2, 0) is 17.5 Å². The standard InChI is InChI=1S/C20H16ClF3N2O3/c1-2-26-9-8-16(25-26)15-11-14(21)6-7-17(15)29-18(19(27)28)12-4-3-5-13(10-12)20(22,23)24/h3-11,18H,2H2,1H3,(H,27,28). The van der Waals surface area contributed by atoms with E-state index in [9.17, 15) is 23.1 Å². The van der Waals surface area contributed by atoms with E-state index in [2.05, 4.69) is 5.10 Å². The van der Waals surface area contributed by atoms with Gasteiger partial charge in [-0.05, 0) is 43.3 Å². The maximum atomic E-state index is 13.0. The molecule has 0 spiro atoms. The average Bonchev–Trinajstić information content (AvgIpc) is 3.15. The molecule has 0 aliphatic rings. The zero-order chi connectivity index (χ0) is 21.2. The van der Waals surface area contributed by atoms with Gasteiger partial charge in [0.15, 0.2) is 0 Å². The minimum atomic E-state index is -4.60. The van der Waals surface area contributed by atoms with Gasteiger partial charge in [0.2, 0.25) is 6.10 Å². The maximum absolute atomic E-state index is 13.0. The monoisotopic (exact) mass is 424 g/mol. The van der Waals surface area contributed by atoms with Crippen LogP contribution in [0.2, 0.25) is 5.02 Å². The molecule has 0 fully saturated rings. The Morgan fingerprint density at radius 1 is 1.24 bits per heavy atom. The molecule has 29 heavy (non-hydrogen) atoms. The van der Waals surface area contributed by atoms with E-state index >= 15 is 0 Å². The van der Waals surface area contributed by atoms with E-state index in [1.165, 1.54) is 18.2 Å². The lowest BCUT2D eigenvalue weighted by Gasteiger charge is -2.19. The van der Waals surface area contributed by atoms with Crippen LogP contribution in [0.4, 0.5) is 13.2 Å². The number of aryl methyl sites for hydroxylation is 1. The Morgan fingerprint density at radius 2 is 2.00 bits per heavy atom. The molecule has 1 unspecified atom stereocenters. The number of carboxylic acid groups (broad SMARTS) is 1. The molecular formula is C20H16ClF3N2O3. The van der Waals surface area contributed by atoms with Crippen molar-refractivity contribution in [2.75, 3.05) is 0 Å². The van der Waals surface area contributed by atoms with Crippen molar-refractivity contribution >= 4 is 17.6 Å². The van der Waals surface area contributed by atoms with E-state index in [-0.39, 0.29) is 11.3 Å². The minimum Gasteiger partial charge on any atom is -0.478 e. The summed E-state index contributed by atoms with van der Waals surface area (Å²) in [7, 11) is 0. The van der Waals surface area contributed by atoms with Gasteiger partial charge in [-0.2, -0.15) is 18.3 Å². The first-order valence-electron chi connectivity index (χ1n) is 8.59. The average molecular weight is 425 g/mol. The third kappa shape index (κ3) is 4.71. The molecule has 0 aliphatic carbocycles. The summed E-state index contributed by atoms with van der Waals surface area (Å²) < 4.78 is 46.3. The van der Waals surface area contributed by atoms with E-state index < -0.39 is 23.8 Å². The molecule has 0 radical (unpaired) electrons. The number of aromatic nitrogens is 2. The molecule has 0 amide bonds. The Labute approximate surface area is 169 Å². The van der Waals surface area contributed by atoms with Crippen LogP contribution < -0.4 is 4.74 Å². The third-order valence-corrected chi connectivity index (χ3v) is 4.40. The van der Waals surface area contributed by atoms with Crippen molar-refractivity contribution in [3.8, 4) is 17.0 Å². The highest BCUT2D eigenvalue weighted by Crippen LogP contribution is 2.36. The van der Waals surface area contributed by atoms with Gasteiger partial charge in [-0.25, -0.2) is 4.79 Å². The second-order valence-electron chi connectivity index (χ2n) is 6.16. The largest absolute Gasteiger partial charge is 0.478 e. The Bertz CT molecular complexity index is 1030. The first kappa shape index (κ1) is 20.7. The van der Waals surface area contributed by atoms with Crippen molar-refractivity contribution in [2.45, 2.75) is 25.7 Å². The number of rotatable bonds is 6. The molecule has 0 saturated carbocycles. The molecule has 9 heteroatoms. The smallest absolute Gasteiger partial charge is 0.416 e. The van der Waals surface area contributed by atoms with E-state index in [0.29, 0.717) is 22.8 Å². The first-order valence-corrected chi connectivity index (χ1v) is 8.97. The number of hydrogen-bond acceptors (Lipinski definition) is 3. The van der Waals surface area contributed by atoms with Gasteiger partial charge < -0.3 is 9.84 Å². The molecule has 3 rings (SSSR count). The quantitative estimate of drug-likeness (QED) is 0.571. The van der Waals surface area contributed by atoms with Crippen LogP contribution in [0, 0.1) is 0 Å². The zero-order valence-corrected chi connectivity index (χ0v) is 15.9. The van der Waals surface area contributed by atoms with Gasteiger partial charge in [0, 0.05) is 28.9 Å². The van der Waals surface area contributed by atoms with Crippen LogP contribution in [0.1, 0.15) is 24.2 Å². The fourth-order valence-electron chi connectivity index (χ4n) is 2.75. The van der Waals surface area contributed by atoms with Crippen molar-refractivity contribution < 1.29 is 27.8 Å². The van der Waals surface area contributed by atoms with Crippen molar-refractivity contribution in [1.82, 2.24) is 9.78 Å². The molecule has 0 bridgehead atoms. The number of carbonyl (C=O) groups is 1. The summed E-state index contributed by atoms with van der Waals surface area (Å²) >= 11 is 6.06. The second kappa shape index (κ2) is 8.16. The van der Waals surface area contributed by atoms with Crippen molar-refractivity contribution in [2.24, 2.45) is 0 Å². The number of benzene rings is 2. The normalized spacial score (nSPS) is 12.6. The third-order valence-electron chi connectivity index (χ3n) is 4.17. The molecule has 1 atom stereocenters. The minimum absolute atomic E-state index is 0.132. The summed E-state index contributed by atoms with van der Waals surface area (Å²) in [4.78, 5) is 11.8. The first-order chi connectivity index (χ1) is 13.7. The summed E-state index contributed by atoms with van der Waals surface area (Å²) in [6.07, 6.45) is -4.51. The van der Waals surface area contributed by atoms with Gasteiger partial charge in [-0.1, -0.05) is 23.7 Å². The number of ether oxygens (including phenoxy) is 1. The number of nitrogens with zero attached hydrogens (tertiary/aromatic N) is 2. The predicted octanol–water partition coefficient (Wildman–Crippen LogP) is 5.45. The molecule has 5 nitrogen and oxygen atoms in total. The predicted molar refractivity (Wildman–Crippen MR) is 101 cm³/mol. The van der Waals surface area contributed by atoms with Gasteiger partial charge in [-0.3, -0.25) is 4.68 Å². The highest BCUT2D eigenvalue weighted by Gasteiger charge is 2.32. The number of carboxylic acids is 1.